The van der Waals surface area contributed by atoms with Crippen molar-refractivity contribution >= 4 is 73.7 Å². The molecule has 3 aromatic carbocycles. The average Bonchev–Trinajstić information content (AvgIpc) is 3.21. The van der Waals surface area contributed by atoms with Crippen molar-refractivity contribution in [2.24, 2.45) is 5.92 Å². The summed E-state index contributed by atoms with van der Waals surface area (Å²) < 4.78 is 32.5. The second kappa shape index (κ2) is 18.3. The van der Waals surface area contributed by atoms with E-state index >= 15 is 0 Å². The van der Waals surface area contributed by atoms with Crippen LogP contribution in [-0.2, 0) is 24.2 Å². The minimum atomic E-state index is -3.57. The molecule has 1 unspecified atom stereocenters. The Labute approximate surface area is 374 Å². The van der Waals surface area contributed by atoms with Crippen LogP contribution in [0.5, 0.6) is 5.75 Å². The monoisotopic (exact) mass is 897 g/mol. The maximum absolute atomic E-state index is 13.4. The van der Waals surface area contributed by atoms with E-state index in [1.165, 1.54) is 11.8 Å². The molecule has 1 atom stereocenters. The fourth-order valence-corrected chi connectivity index (χ4v) is 10.1. The number of halogens is 1. The van der Waals surface area contributed by atoms with Gasteiger partial charge in [0, 0.05) is 50.0 Å². The highest BCUT2D eigenvalue weighted by molar-refractivity contribution is 7.92. The number of anilines is 6. The van der Waals surface area contributed by atoms with Crippen molar-refractivity contribution < 1.29 is 27.5 Å². The smallest absolute Gasteiger partial charge is 0.249 e. The highest BCUT2D eigenvalue weighted by Gasteiger charge is 2.42. The second-order valence-electron chi connectivity index (χ2n) is 17.6. The number of imide groups is 1. The fourth-order valence-electron chi connectivity index (χ4n) is 8.77. The zero-order valence-electron chi connectivity index (χ0n) is 36.4. The number of sulfone groups is 1. The quantitative estimate of drug-likeness (QED) is 0.0992. The van der Waals surface area contributed by atoms with Crippen LogP contribution in [0.15, 0.2) is 71.8 Å². The molecule has 4 saturated heterocycles. The molecule has 4 fully saturated rings. The van der Waals surface area contributed by atoms with E-state index in [1.54, 1.807) is 38.1 Å². The molecule has 8 rings (SSSR count). The number of hydrogen-bond donors (Lipinski definition) is 4. The molecule has 4 aliphatic heterocycles. The summed E-state index contributed by atoms with van der Waals surface area (Å²) in [5.74, 6) is 1.28. The Hall–Kier alpha value is -5.45. The molecule has 15 nitrogen and oxygen atoms in total. The van der Waals surface area contributed by atoms with E-state index in [1.807, 2.05) is 43.0 Å². The first-order valence-corrected chi connectivity index (χ1v) is 23.7. The number of aryl methyl sites for hydroxylation is 1. The first-order valence-electron chi connectivity index (χ1n) is 21.8. The summed E-state index contributed by atoms with van der Waals surface area (Å²) in [6.07, 6.45) is 4.20. The normalized spacial score (nSPS) is 19.1. The lowest BCUT2D eigenvalue weighted by Crippen LogP contribution is -2.65. The molecule has 3 amide bonds. The van der Waals surface area contributed by atoms with Crippen LogP contribution in [0.4, 0.5) is 34.5 Å². The number of nitrogens with zero attached hydrogens (tertiary/aromatic N) is 5. The number of rotatable bonds is 14. The molecular formula is C46H56ClN9O6S. The number of nitrogens with one attached hydrogen (secondary N) is 4. The van der Waals surface area contributed by atoms with Crippen molar-refractivity contribution in [1.82, 2.24) is 25.1 Å². The van der Waals surface area contributed by atoms with E-state index in [-0.39, 0.29) is 51.4 Å². The largest absolute Gasteiger partial charge is 0.489 e. The lowest BCUT2D eigenvalue weighted by molar-refractivity contribution is -0.144. The number of para-hydroxylation sites is 1. The van der Waals surface area contributed by atoms with Crippen LogP contribution >= 0.6 is 11.6 Å². The first kappa shape index (κ1) is 44.2. The molecule has 5 heterocycles. The van der Waals surface area contributed by atoms with Crippen molar-refractivity contribution in [3.05, 3.63) is 83.0 Å². The van der Waals surface area contributed by atoms with Crippen LogP contribution in [-0.4, -0.2) is 109 Å². The lowest BCUT2D eigenvalue weighted by Gasteiger charge is -2.50. The lowest BCUT2D eigenvalue weighted by atomic mass is 9.85. The number of ether oxygens (including phenoxy) is 1. The molecule has 0 radical (unpaired) electrons. The van der Waals surface area contributed by atoms with Gasteiger partial charge >= 0.3 is 0 Å². The van der Waals surface area contributed by atoms with E-state index in [9.17, 15) is 22.8 Å². The predicted octanol–water partition coefficient (Wildman–Crippen LogP) is 6.64. The highest BCUT2D eigenvalue weighted by atomic mass is 35.5. The highest BCUT2D eigenvalue weighted by Crippen LogP contribution is 2.40. The molecule has 4 aliphatic rings. The number of hydrogen-bond acceptors (Lipinski definition) is 13. The summed E-state index contributed by atoms with van der Waals surface area (Å²) in [5, 5.41) is 11.7. The van der Waals surface area contributed by atoms with Crippen LogP contribution in [0.25, 0.3) is 0 Å². The van der Waals surface area contributed by atoms with E-state index in [0.29, 0.717) is 55.0 Å². The standard InChI is InChI=1S/C46H56ClN9O6S/c1-27(2)62-40-21-35(29(5)20-39(40)51-46-48-22-36(47)43(53-46)50-37-8-6-7-9-41(37)63(60,61)28(3)4)30-16-18-54(19-17-30)34-25-56(26-34)45(59)31-23-55(24-31)33-12-10-32(11-13-33)49-38-14-15-42(57)52-44(38)58/h6-13,20-22,27-28,30-31,34,38,49H,14-19,23-26H2,1-5H3,(H,52,57,58)(H2,48,50,51,53). The van der Waals surface area contributed by atoms with E-state index in [2.05, 4.69) is 60.1 Å². The van der Waals surface area contributed by atoms with Gasteiger partial charge in [-0.05, 0) is 133 Å². The fraction of sp³-hybridized carbons (Fsp3) is 0.457. The Bertz CT molecular complexity index is 2470. The molecular weight excluding hydrogens is 842 g/mol. The molecule has 17 heteroatoms. The molecule has 4 aromatic rings. The average molecular weight is 899 g/mol. The van der Waals surface area contributed by atoms with Gasteiger partial charge in [0.2, 0.25) is 23.7 Å². The van der Waals surface area contributed by atoms with E-state index in [0.717, 1.165) is 56.0 Å². The van der Waals surface area contributed by atoms with Gasteiger partial charge in [-0.25, -0.2) is 13.4 Å². The van der Waals surface area contributed by atoms with Gasteiger partial charge in [-0.3, -0.25) is 24.6 Å². The number of carbonyl (C=O) groups excluding carboxylic acids is 3. The zero-order valence-corrected chi connectivity index (χ0v) is 37.9. The molecule has 0 bridgehead atoms. The summed E-state index contributed by atoms with van der Waals surface area (Å²) in [6, 6.07) is 18.7. The van der Waals surface area contributed by atoms with Crippen LogP contribution in [0, 0.1) is 12.8 Å². The molecule has 4 N–H and O–H groups in total. The van der Waals surface area contributed by atoms with E-state index in [4.69, 9.17) is 16.3 Å². The van der Waals surface area contributed by atoms with E-state index < -0.39 is 21.1 Å². The number of likely N-dealkylation sites (tertiary alicyclic amines) is 2. The summed E-state index contributed by atoms with van der Waals surface area (Å²) in [5.41, 5.74) is 5.33. The number of piperidine rings is 2. The zero-order chi connectivity index (χ0) is 44.6. The van der Waals surface area contributed by atoms with Gasteiger partial charge in [0.05, 0.1) is 39.7 Å². The Morgan fingerprint density at radius 1 is 0.921 bits per heavy atom. The predicted molar refractivity (Wildman–Crippen MR) is 245 cm³/mol. The van der Waals surface area contributed by atoms with Gasteiger partial charge in [0.1, 0.15) is 16.8 Å². The van der Waals surface area contributed by atoms with Crippen molar-refractivity contribution in [3.63, 3.8) is 0 Å². The number of carbonyl (C=O) groups is 3. The Kier molecular flexibility index (Phi) is 12.9. The van der Waals surface area contributed by atoms with Crippen molar-refractivity contribution in [3.8, 4) is 5.75 Å². The summed E-state index contributed by atoms with van der Waals surface area (Å²) in [7, 11) is -3.57. The molecule has 0 spiro atoms. The summed E-state index contributed by atoms with van der Waals surface area (Å²) >= 11 is 6.52. The Morgan fingerprint density at radius 3 is 2.32 bits per heavy atom. The summed E-state index contributed by atoms with van der Waals surface area (Å²) in [4.78, 5) is 52.9. The van der Waals surface area contributed by atoms with Gasteiger partial charge in [-0.2, -0.15) is 4.98 Å². The van der Waals surface area contributed by atoms with Gasteiger partial charge in [0.25, 0.3) is 0 Å². The van der Waals surface area contributed by atoms with Gasteiger partial charge < -0.3 is 30.5 Å². The minimum Gasteiger partial charge on any atom is -0.489 e. The maximum atomic E-state index is 13.4. The van der Waals surface area contributed by atoms with Crippen LogP contribution in [0.1, 0.15) is 70.4 Å². The number of amides is 3. The Balaban J connectivity index is 0.834. The summed E-state index contributed by atoms with van der Waals surface area (Å²) in [6.45, 7) is 14.2. The van der Waals surface area contributed by atoms with Gasteiger partial charge in [0.15, 0.2) is 15.7 Å². The third-order valence-corrected chi connectivity index (χ3v) is 15.0. The maximum Gasteiger partial charge on any atom is 0.249 e. The van der Waals surface area contributed by atoms with Crippen molar-refractivity contribution in [2.75, 3.05) is 60.1 Å². The van der Waals surface area contributed by atoms with Crippen molar-refractivity contribution in [1.29, 1.82) is 0 Å². The second-order valence-corrected chi connectivity index (χ2v) is 20.5. The molecule has 1 aromatic heterocycles. The van der Waals surface area contributed by atoms with Crippen molar-refractivity contribution in [2.45, 2.75) is 94.6 Å². The SMILES string of the molecule is Cc1cc(Nc2ncc(Cl)c(Nc3ccccc3S(=O)(=O)C(C)C)n2)c(OC(C)C)cc1C1CCN(C2CN(C(=O)C3CN(c4ccc(NC5CCC(=O)NC5=O)cc4)C3)C2)CC1. The third kappa shape index (κ3) is 9.72. The van der Waals surface area contributed by atoms with Crippen LogP contribution in [0.3, 0.4) is 0 Å². The topological polar surface area (TPSA) is 178 Å². The molecule has 63 heavy (non-hydrogen) atoms. The third-order valence-electron chi connectivity index (χ3n) is 12.5. The molecule has 0 saturated carbocycles. The van der Waals surface area contributed by atoms with Gasteiger partial charge in [-0.1, -0.05) is 23.7 Å². The van der Waals surface area contributed by atoms with Crippen LogP contribution in [0.2, 0.25) is 5.02 Å². The molecule has 0 aliphatic carbocycles. The first-order chi connectivity index (χ1) is 30.1. The Morgan fingerprint density at radius 2 is 1.63 bits per heavy atom. The number of aromatic nitrogens is 2. The van der Waals surface area contributed by atoms with Crippen LogP contribution < -0.4 is 30.9 Å². The minimum absolute atomic E-state index is 0.0104. The number of benzene rings is 3. The van der Waals surface area contributed by atoms with Gasteiger partial charge in [-0.15, -0.1) is 0 Å². The molecule has 334 valence electrons.